The molecule has 0 aromatic heterocycles. The number of benzene rings is 1. The van der Waals surface area contributed by atoms with Crippen LogP contribution >= 0.6 is 0 Å². The molecule has 0 heterocycles. The van der Waals surface area contributed by atoms with Crippen molar-refractivity contribution in [2.45, 2.75) is 19.4 Å². The fourth-order valence-corrected chi connectivity index (χ4v) is 1.45. The molecule has 0 radical (unpaired) electrons. The normalized spacial score (nSPS) is 10.1. The van der Waals surface area contributed by atoms with Crippen LogP contribution in [-0.4, -0.2) is 32.0 Å². The highest BCUT2D eigenvalue weighted by Gasteiger charge is 2.02. The summed E-state index contributed by atoms with van der Waals surface area (Å²) in [6.45, 7) is 1.45. The Morgan fingerprint density at radius 2 is 2.16 bits per heavy atom. The average molecular weight is 266 g/mol. The number of halogens is 1. The first-order chi connectivity index (χ1) is 9.27. The molecule has 0 saturated carbocycles. The molecule has 1 N–H and O–H groups in total. The number of hydrogen-bond acceptors (Lipinski definition) is 3. The van der Waals surface area contributed by atoms with Crippen LogP contribution in [0.5, 0.6) is 0 Å². The maximum atomic E-state index is 13.7. The SMILES string of the molecule is COCCCOCc1ccc(C#CCCO)cc1F. The minimum Gasteiger partial charge on any atom is -0.395 e. The summed E-state index contributed by atoms with van der Waals surface area (Å²) in [7, 11) is 1.64. The lowest BCUT2D eigenvalue weighted by Gasteiger charge is -2.05. The average Bonchev–Trinajstić information content (AvgIpc) is 2.41. The topological polar surface area (TPSA) is 38.7 Å². The molecular weight excluding hydrogens is 247 g/mol. The molecule has 0 aliphatic rings. The van der Waals surface area contributed by atoms with E-state index >= 15 is 0 Å². The van der Waals surface area contributed by atoms with E-state index in [0.29, 0.717) is 30.8 Å². The van der Waals surface area contributed by atoms with E-state index in [-0.39, 0.29) is 19.0 Å². The van der Waals surface area contributed by atoms with E-state index in [9.17, 15) is 4.39 Å². The molecule has 0 saturated heterocycles. The molecule has 104 valence electrons. The summed E-state index contributed by atoms with van der Waals surface area (Å²) in [6, 6.07) is 4.81. The summed E-state index contributed by atoms with van der Waals surface area (Å²) in [5, 5.41) is 8.60. The zero-order chi connectivity index (χ0) is 13.9. The van der Waals surface area contributed by atoms with Crippen molar-refractivity contribution in [1.29, 1.82) is 0 Å². The minimum absolute atomic E-state index is 0.0167. The zero-order valence-corrected chi connectivity index (χ0v) is 11.1. The first-order valence-corrected chi connectivity index (χ1v) is 6.22. The molecule has 0 atom stereocenters. The van der Waals surface area contributed by atoms with Crippen molar-refractivity contribution in [3.63, 3.8) is 0 Å². The van der Waals surface area contributed by atoms with Crippen LogP contribution in [0.3, 0.4) is 0 Å². The number of ether oxygens (including phenoxy) is 2. The molecule has 1 aromatic carbocycles. The van der Waals surface area contributed by atoms with E-state index in [2.05, 4.69) is 11.8 Å². The summed E-state index contributed by atoms with van der Waals surface area (Å²) < 4.78 is 24.0. The van der Waals surface area contributed by atoms with Gasteiger partial charge in [-0.25, -0.2) is 4.39 Å². The van der Waals surface area contributed by atoms with E-state index < -0.39 is 0 Å². The predicted molar refractivity (Wildman–Crippen MR) is 71.1 cm³/mol. The molecule has 1 aromatic rings. The first-order valence-electron chi connectivity index (χ1n) is 6.22. The molecule has 19 heavy (non-hydrogen) atoms. The summed E-state index contributed by atoms with van der Waals surface area (Å²) in [5.74, 6) is 5.23. The summed E-state index contributed by atoms with van der Waals surface area (Å²) >= 11 is 0. The molecule has 0 aliphatic carbocycles. The van der Waals surface area contributed by atoms with Crippen molar-refractivity contribution < 1.29 is 19.0 Å². The Hall–Kier alpha value is -1.41. The van der Waals surface area contributed by atoms with Gasteiger partial charge in [0.2, 0.25) is 0 Å². The Kier molecular flexibility index (Phi) is 7.83. The van der Waals surface area contributed by atoms with Crippen LogP contribution in [0, 0.1) is 17.7 Å². The van der Waals surface area contributed by atoms with Crippen molar-refractivity contribution in [3.8, 4) is 11.8 Å². The van der Waals surface area contributed by atoms with Crippen LogP contribution in [0.1, 0.15) is 24.0 Å². The van der Waals surface area contributed by atoms with Gasteiger partial charge in [-0.2, -0.15) is 0 Å². The predicted octanol–water partition coefficient (Wildman–Crippen LogP) is 2.11. The number of aliphatic hydroxyl groups is 1. The summed E-state index contributed by atoms with van der Waals surface area (Å²) in [6.07, 6.45) is 1.19. The summed E-state index contributed by atoms with van der Waals surface area (Å²) in [4.78, 5) is 0. The van der Waals surface area contributed by atoms with Gasteiger partial charge in [0.15, 0.2) is 0 Å². The van der Waals surface area contributed by atoms with E-state index in [1.807, 2.05) is 0 Å². The van der Waals surface area contributed by atoms with Gasteiger partial charge in [0.25, 0.3) is 0 Å². The second kappa shape index (κ2) is 9.51. The quantitative estimate of drug-likeness (QED) is 0.607. The highest BCUT2D eigenvalue weighted by Crippen LogP contribution is 2.11. The number of hydrogen-bond donors (Lipinski definition) is 1. The van der Waals surface area contributed by atoms with Crippen LogP contribution in [0.2, 0.25) is 0 Å². The first kappa shape index (κ1) is 15.6. The van der Waals surface area contributed by atoms with Gasteiger partial charge in [-0.3, -0.25) is 0 Å². The fraction of sp³-hybridized carbons (Fsp3) is 0.467. The maximum Gasteiger partial charge on any atom is 0.129 e. The Balaban J connectivity index is 2.46. The van der Waals surface area contributed by atoms with Crippen LogP contribution < -0.4 is 0 Å². The number of rotatable bonds is 7. The van der Waals surface area contributed by atoms with E-state index in [0.717, 1.165) is 6.42 Å². The lowest BCUT2D eigenvalue weighted by molar-refractivity contribution is 0.0913. The molecule has 0 unspecified atom stereocenters. The lowest BCUT2D eigenvalue weighted by atomic mass is 10.1. The Morgan fingerprint density at radius 3 is 2.84 bits per heavy atom. The number of methoxy groups -OCH3 is 1. The van der Waals surface area contributed by atoms with Crippen molar-refractivity contribution in [2.75, 3.05) is 26.9 Å². The van der Waals surface area contributed by atoms with Crippen molar-refractivity contribution in [1.82, 2.24) is 0 Å². The lowest BCUT2D eigenvalue weighted by Crippen LogP contribution is -2.01. The molecule has 0 fully saturated rings. The third-order valence-corrected chi connectivity index (χ3v) is 2.42. The molecule has 0 spiro atoms. The van der Waals surface area contributed by atoms with Gasteiger partial charge in [0, 0.05) is 37.9 Å². The van der Waals surface area contributed by atoms with Gasteiger partial charge in [-0.15, -0.1) is 0 Å². The van der Waals surface area contributed by atoms with Gasteiger partial charge >= 0.3 is 0 Å². The molecular formula is C15H19FO3. The third-order valence-electron chi connectivity index (χ3n) is 2.42. The highest BCUT2D eigenvalue weighted by atomic mass is 19.1. The Morgan fingerprint density at radius 1 is 1.32 bits per heavy atom. The standard InChI is InChI=1S/C15H19FO3/c1-18-9-4-10-19-12-14-7-6-13(11-15(14)16)5-2-3-8-17/h6-7,11,17H,3-4,8-10,12H2,1H3. The monoisotopic (exact) mass is 266 g/mol. The third kappa shape index (κ3) is 6.35. The molecule has 4 heteroatoms. The van der Waals surface area contributed by atoms with Gasteiger partial charge < -0.3 is 14.6 Å². The molecule has 3 nitrogen and oxygen atoms in total. The van der Waals surface area contributed by atoms with Gasteiger partial charge in [0.1, 0.15) is 5.82 Å². The summed E-state index contributed by atoms with van der Waals surface area (Å²) in [5.41, 5.74) is 1.12. The molecule has 1 rings (SSSR count). The fourth-order valence-electron chi connectivity index (χ4n) is 1.45. The zero-order valence-electron chi connectivity index (χ0n) is 11.1. The molecule has 0 amide bonds. The van der Waals surface area contributed by atoms with E-state index in [1.165, 1.54) is 6.07 Å². The number of aliphatic hydroxyl groups excluding tert-OH is 1. The van der Waals surface area contributed by atoms with Crippen molar-refractivity contribution in [2.24, 2.45) is 0 Å². The van der Waals surface area contributed by atoms with Gasteiger partial charge in [-0.1, -0.05) is 17.9 Å². The van der Waals surface area contributed by atoms with Crippen LogP contribution in [0.15, 0.2) is 18.2 Å². The molecule has 0 bridgehead atoms. The van der Waals surface area contributed by atoms with Crippen molar-refractivity contribution in [3.05, 3.63) is 35.1 Å². The Labute approximate surface area is 113 Å². The van der Waals surface area contributed by atoms with Crippen molar-refractivity contribution >= 4 is 0 Å². The second-order valence-electron chi connectivity index (χ2n) is 3.98. The van der Waals surface area contributed by atoms with Crippen LogP contribution in [-0.2, 0) is 16.1 Å². The maximum absolute atomic E-state index is 13.7. The Bertz CT molecular complexity index is 435. The van der Waals surface area contributed by atoms with Crippen LogP contribution in [0.25, 0.3) is 0 Å². The van der Waals surface area contributed by atoms with Gasteiger partial charge in [0.05, 0.1) is 13.2 Å². The second-order valence-corrected chi connectivity index (χ2v) is 3.98. The minimum atomic E-state index is -0.317. The smallest absolute Gasteiger partial charge is 0.129 e. The molecule has 0 aliphatic heterocycles. The highest BCUT2D eigenvalue weighted by molar-refractivity contribution is 5.36. The van der Waals surface area contributed by atoms with E-state index in [4.69, 9.17) is 14.6 Å². The largest absolute Gasteiger partial charge is 0.395 e. The van der Waals surface area contributed by atoms with Crippen LogP contribution in [0.4, 0.5) is 4.39 Å². The van der Waals surface area contributed by atoms with Gasteiger partial charge in [-0.05, 0) is 18.6 Å². The van der Waals surface area contributed by atoms with E-state index in [1.54, 1.807) is 19.2 Å².